The molecule has 0 fully saturated rings. The number of nitro groups is 1. The summed E-state index contributed by atoms with van der Waals surface area (Å²) in [7, 11) is 1.27. The van der Waals surface area contributed by atoms with Gasteiger partial charge in [-0.1, -0.05) is 23.7 Å². The number of methoxy groups -OCH3 is 1. The fourth-order valence-corrected chi connectivity index (χ4v) is 2.76. The number of furan rings is 1. The molecule has 0 aliphatic carbocycles. The third kappa shape index (κ3) is 4.70. The second kappa shape index (κ2) is 9.01. The topological polar surface area (TPSA) is 124 Å². The predicted molar refractivity (Wildman–Crippen MR) is 109 cm³/mol. The van der Waals surface area contributed by atoms with E-state index in [1.165, 1.54) is 37.6 Å². The van der Waals surface area contributed by atoms with Gasteiger partial charge in [0.15, 0.2) is 0 Å². The quantitative estimate of drug-likeness (QED) is 0.274. The molecule has 30 heavy (non-hydrogen) atoms. The number of benzene rings is 2. The molecule has 0 unspecified atom stereocenters. The molecule has 0 saturated heterocycles. The number of nitrogens with zero attached hydrogens (tertiary/aromatic N) is 2. The van der Waals surface area contributed by atoms with E-state index in [0.29, 0.717) is 17.1 Å². The Kier molecular flexibility index (Phi) is 6.23. The summed E-state index contributed by atoms with van der Waals surface area (Å²) in [5, 5.41) is 14.8. The number of hydrogen-bond donors (Lipinski definition) is 1. The van der Waals surface area contributed by atoms with E-state index in [9.17, 15) is 19.7 Å². The highest BCUT2D eigenvalue weighted by molar-refractivity contribution is 6.33. The second-order valence-electron chi connectivity index (χ2n) is 5.89. The van der Waals surface area contributed by atoms with Gasteiger partial charge in [0.2, 0.25) is 0 Å². The number of nitro benzene ring substituents is 1. The standard InChI is InChI=1S/C20H14ClN3O6/c1-29-20(26)16-7-5-12(10-17(16)21)18-8-6-15(30-18)11-22-23-19(25)13-3-2-4-14(9-13)24(27)28/h2-11H,1H3,(H,23,25)/b22-11-. The van der Waals surface area contributed by atoms with E-state index in [1.54, 1.807) is 24.3 Å². The summed E-state index contributed by atoms with van der Waals surface area (Å²) in [6.45, 7) is 0. The molecule has 0 atom stereocenters. The molecule has 3 aromatic rings. The molecule has 152 valence electrons. The van der Waals surface area contributed by atoms with Gasteiger partial charge < -0.3 is 9.15 Å². The van der Waals surface area contributed by atoms with Crippen molar-refractivity contribution in [3.8, 4) is 11.3 Å². The van der Waals surface area contributed by atoms with E-state index in [-0.39, 0.29) is 21.8 Å². The molecule has 0 radical (unpaired) electrons. The van der Waals surface area contributed by atoms with Crippen LogP contribution >= 0.6 is 11.6 Å². The third-order valence-electron chi connectivity index (χ3n) is 3.96. The van der Waals surface area contributed by atoms with E-state index in [1.807, 2.05) is 0 Å². The van der Waals surface area contributed by atoms with Gasteiger partial charge in [-0.3, -0.25) is 14.9 Å². The fourth-order valence-electron chi connectivity index (χ4n) is 2.50. The van der Waals surface area contributed by atoms with Crippen molar-refractivity contribution in [1.29, 1.82) is 0 Å². The lowest BCUT2D eigenvalue weighted by Gasteiger charge is -2.04. The number of esters is 1. The van der Waals surface area contributed by atoms with Crippen LogP contribution in [-0.4, -0.2) is 30.1 Å². The Hall–Kier alpha value is -3.98. The van der Waals surface area contributed by atoms with Crippen molar-refractivity contribution in [2.75, 3.05) is 7.11 Å². The molecule has 1 N–H and O–H groups in total. The summed E-state index contributed by atoms with van der Waals surface area (Å²) >= 11 is 6.11. The van der Waals surface area contributed by atoms with Crippen LogP contribution in [0.5, 0.6) is 0 Å². The second-order valence-corrected chi connectivity index (χ2v) is 6.30. The maximum atomic E-state index is 12.1. The van der Waals surface area contributed by atoms with Crippen LogP contribution in [0, 0.1) is 10.1 Å². The van der Waals surface area contributed by atoms with E-state index in [2.05, 4.69) is 15.3 Å². The van der Waals surface area contributed by atoms with Gasteiger partial charge in [0.05, 0.1) is 28.8 Å². The zero-order valence-corrected chi connectivity index (χ0v) is 16.3. The lowest BCUT2D eigenvalue weighted by Crippen LogP contribution is -2.17. The van der Waals surface area contributed by atoms with Crippen LogP contribution in [-0.2, 0) is 4.74 Å². The molecule has 10 heteroatoms. The number of non-ortho nitro benzene ring substituents is 1. The molecule has 1 heterocycles. The molecule has 1 aromatic heterocycles. The zero-order valence-electron chi connectivity index (χ0n) is 15.5. The largest absolute Gasteiger partial charge is 0.465 e. The first-order chi connectivity index (χ1) is 14.4. The molecule has 9 nitrogen and oxygen atoms in total. The minimum atomic E-state index is -0.605. The Balaban J connectivity index is 1.68. The van der Waals surface area contributed by atoms with Crippen LogP contribution in [0.1, 0.15) is 26.5 Å². The first-order valence-corrected chi connectivity index (χ1v) is 8.83. The number of carbonyl (C=O) groups excluding carboxylic acids is 2. The Labute approximate surface area is 175 Å². The first-order valence-electron chi connectivity index (χ1n) is 8.45. The van der Waals surface area contributed by atoms with Crippen molar-refractivity contribution in [2.24, 2.45) is 5.10 Å². The van der Waals surface area contributed by atoms with Gasteiger partial charge in [0.25, 0.3) is 11.6 Å². The monoisotopic (exact) mass is 427 g/mol. The molecule has 0 bridgehead atoms. The minimum Gasteiger partial charge on any atom is -0.465 e. The van der Waals surface area contributed by atoms with Gasteiger partial charge in [-0.2, -0.15) is 5.10 Å². The van der Waals surface area contributed by atoms with Gasteiger partial charge in [0.1, 0.15) is 11.5 Å². The maximum absolute atomic E-state index is 12.1. The molecule has 0 spiro atoms. The summed E-state index contributed by atoms with van der Waals surface area (Å²) in [5.41, 5.74) is 3.05. The average Bonchev–Trinajstić information content (AvgIpc) is 3.22. The fraction of sp³-hybridized carbons (Fsp3) is 0.0500. The Morgan fingerprint density at radius 1 is 1.20 bits per heavy atom. The first kappa shape index (κ1) is 20.7. The summed E-state index contributed by atoms with van der Waals surface area (Å²) < 4.78 is 10.3. The van der Waals surface area contributed by atoms with E-state index >= 15 is 0 Å². The maximum Gasteiger partial charge on any atom is 0.339 e. The van der Waals surface area contributed by atoms with Gasteiger partial charge in [0, 0.05) is 23.3 Å². The average molecular weight is 428 g/mol. The molecule has 2 aromatic carbocycles. The van der Waals surface area contributed by atoms with Crippen molar-refractivity contribution < 1.29 is 23.7 Å². The molecule has 0 aliphatic heterocycles. The highest BCUT2D eigenvalue weighted by Crippen LogP contribution is 2.27. The van der Waals surface area contributed by atoms with Crippen LogP contribution < -0.4 is 5.43 Å². The highest BCUT2D eigenvalue weighted by Gasteiger charge is 2.13. The molecular formula is C20H14ClN3O6. The number of nitrogens with one attached hydrogen (secondary N) is 1. The molecule has 1 amide bonds. The number of amides is 1. The van der Waals surface area contributed by atoms with Gasteiger partial charge in [-0.05, 0) is 30.3 Å². The third-order valence-corrected chi connectivity index (χ3v) is 4.28. The van der Waals surface area contributed by atoms with Gasteiger partial charge >= 0.3 is 5.97 Å². The van der Waals surface area contributed by atoms with Crippen LogP contribution in [0.15, 0.2) is 64.1 Å². The van der Waals surface area contributed by atoms with E-state index < -0.39 is 16.8 Å². The molecule has 3 rings (SSSR count). The summed E-state index contributed by atoms with van der Waals surface area (Å²) in [6, 6.07) is 13.3. The van der Waals surface area contributed by atoms with E-state index in [0.717, 1.165) is 6.07 Å². The number of halogens is 1. The van der Waals surface area contributed by atoms with E-state index in [4.69, 9.17) is 16.0 Å². The molecule has 0 saturated carbocycles. The lowest BCUT2D eigenvalue weighted by atomic mass is 10.1. The number of carbonyl (C=O) groups is 2. The van der Waals surface area contributed by atoms with Crippen LogP contribution in [0.3, 0.4) is 0 Å². The predicted octanol–water partition coefficient (Wildman–Crippen LogP) is 4.06. The molecule has 0 aliphatic rings. The highest BCUT2D eigenvalue weighted by atomic mass is 35.5. The van der Waals surface area contributed by atoms with Crippen molar-refractivity contribution in [3.63, 3.8) is 0 Å². The van der Waals surface area contributed by atoms with Crippen molar-refractivity contribution in [2.45, 2.75) is 0 Å². The number of ether oxygens (including phenoxy) is 1. The Morgan fingerprint density at radius 3 is 2.70 bits per heavy atom. The van der Waals surface area contributed by atoms with Crippen molar-refractivity contribution in [3.05, 3.63) is 86.6 Å². The smallest absolute Gasteiger partial charge is 0.339 e. The van der Waals surface area contributed by atoms with Crippen LogP contribution in [0.2, 0.25) is 5.02 Å². The SMILES string of the molecule is COC(=O)c1ccc(-c2ccc(/C=N\NC(=O)c3cccc([N+](=O)[O-])c3)o2)cc1Cl. The zero-order chi connectivity index (χ0) is 21.7. The number of hydrogen-bond acceptors (Lipinski definition) is 7. The Bertz CT molecular complexity index is 1150. The lowest BCUT2D eigenvalue weighted by molar-refractivity contribution is -0.384. The minimum absolute atomic E-state index is 0.0989. The number of rotatable bonds is 6. The van der Waals surface area contributed by atoms with Gasteiger partial charge in [-0.25, -0.2) is 10.2 Å². The van der Waals surface area contributed by atoms with Crippen LogP contribution in [0.4, 0.5) is 5.69 Å². The molecular weight excluding hydrogens is 414 g/mol. The Morgan fingerprint density at radius 2 is 2.00 bits per heavy atom. The summed E-state index contributed by atoms with van der Waals surface area (Å²) in [5.74, 6) is -0.331. The summed E-state index contributed by atoms with van der Waals surface area (Å²) in [4.78, 5) is 33.8. The summed E-state index contributed by atoms with van der Waals surface area (Å²) in [6.07, 6.45) is 1.28. The van der Waals surface area contributed by atoms with Crippen LogP contribution in [0.25, 0.3) is 11.3 Å². The normalized spacial score (nSPS) is 10.7. The van der Waals surface area contributed by atoms with Gasteiger partial charge in [-0.15, -0.1) is 0 Å². The van der Waals surface area contributed by atoms with Crippen molar-refractivity contribution >= 4 is 35.4 Å². The van der Waals surface area contributed by atoms with Crippen molar-refractivity contribution in [1.82, 2.24) is 5.43 Å². The number of hydrazone groups is 1.